The topological polar surface area (TPSA) is 57.7 Å². The first-order valence-corrected chi connectivity index (χ1v) is 11.0. The molecule has 0 bridgehead atoms. The van der Waals surface area contributed by atoms with E-state index in [-0.39, 0.29) is 30.4 Å². The van der Waals surface area contributed by atoms with Crippen LogP contribution < -0.4 is 0 Å². The Hall–Kier alpha value is -3.16. The van der Waals surface area contributed by atoms with Crippen LogP contribution in [0.3, 0.4) is 0 Å². The minimum absolute atomic E-state index is 0.0583. The zero-order valence-electron chi connectivity index (χ0n) is 18.3. The molecule has 0 radical (unpaired) electrons. The van der Waals surface area contributed by atoms with Crippen LogP contribution in [-0.4, -0.2) is 40.1 Å². The molecule has 0 spiro atoms. The Morgan fingerprint density at radius 2 is 1.79 bits per heavy atom. The smallest absolute Gasteiger partial charge is 0.339 e. The first kappa shape index (κ1) is 23.0. The molecule has 2 aliphatic rings. The van der Waals surface area contributed by atoms with Crippen LogP contribution in [0.4, 0.5) is 13.2 Å². The van der Waals surface area contributed by atoms with Crippen molar-refractivity contribution >= 4 is 17.7 Å². The molecule has 1 aliphatic carbocycles. The monoisotopic (exact) mass is 458 g/mol. The van der Waals surface area contributed by atoms with Gasteiger partial charge >= 0.3 is 6.18 Å². The van der Waals surface area contributed by atoms with Crippen molar-refractivity contribution in [2.45, 2.75) is 56.8 Å². The van der Waals surface area contributed by atoms with Gasteiger partial charge in [-0.1, -0.05) is 48.5 Å². The third-order valence-electron chi connectivity index (χ3n) is 6.41. The van der Waals surface area contributed by atoms with Gasteiger partial charge in [-0.2, -0.15) is 13.2 Å². The number of alkyl halides is 3. The SMILES string of the molecule is CCN(Cc1ccccc1)C(=O)C[C@]1(c2cccc(C(F)(F)F)c2)CC(=O)N(C2CC2)C1=O. The van der Waals surface area contributed by atoms with Gasteiger partial charge in [0.05, 0.1) is 11.0 Å². The zero-order valence-corrected chi connectivity index (χ0v) is 18.3. The van der Waals surface area contributed by atoms with Crippen LogP contribution in [0.5, 0.6) is 0 Å². The van der Waals surface area contributed by atoms with E-state index < -0.39 is 29.0 Å². The molecule has 1 saturated heterocycles. The van der Waals surface area contributed by atoms with E-state index in [0.717, 1.165) is 17.7 Å². The molecular weight excluding hydrogens is 433 g/mol. The minimum Gasteiger partial charge on any atom is -0.339 e. The second-order valence-corrected chi connectivity index (χ2v) is 8.71. The minimum atomic E-state index is -4.61. The highest BCUT2D eigenvalue weighted by Gasteiger charge is 2.57. The molecule has 2 fully saturated rings. The van der Waals surface area contributed by atoms with Crippen LogP contribution in [0.2, 0.25) is 0 Å². The van der Waals surface area contributed by atoms with Gasteiger partial charge in [-0.25, -0.2) is 0 Å². The molecule has 8 heteroatoms. The summed E-state index contributed by atoms with van der Waals surface area (Å²) in [6, 6.07) is 13.6. The van der Waals surface area contributed by atoms with Gasteiger partial charge in [-0.05, 0) is 37.0 Å². The predicted octanol–water partition coefficient (Wildman–Crippen LogP) is 4.30. The molecule has 33 heavy (non-hydrogen) atoms. The summed E-state index contributed by atoms with van der Waals surface area (Å²) in [6.45, 7) is 2.47. The molecule has 0 aromatic heterocycles. The van der Waals surface area contributed by atoms with E-state index in [1.165, 1.54) is 17.0 Å². The fourth-order valence-corrected chi connectivity index (χ4v) is 4.47. The quantitative estimate of drug-likeness (QED) is 0.582. The van der Waals surface area contributed by atoms with Gasteiger partial charge in [-0.3, -0.25) is 19.3 Å². The lowest BCUT2D eigenvalue weighted by molar-refractivity contribution is -0.143. The number of rotatable bonds is 7. The van der Waals surface area contributed by atoms with Crippen molar-refractivity contribution in [1.29, 1.82) is 0 Å². The Morgan fingerprint density at radius 1 is 1.09 bits per heavy atom. The maximum absolute atomic E-state index is 13.5. The number of nitrogens with zero attached hydrogens (tertiary/aromatic N) is 2. The van der Waals surface area contributed by atoms with Crippen LogP contribution in [0.15, 0.2) is 54.6 Å². The summed E-state index contributed by atoms with van der Waals surface area (Å²) in [7, 11) is 0. The maximum Gasteiger partial charge on any atom is 0.416 e. The van der Waals surface area contributed by atoms with Crippen molar-refractivity contribution in [3.05, 3.63) is 71.3 Å². The summed E-state index contributed by atoms with van der Waals surface area (Å²) in [5.41, 5.74) is -1.59. The summed E-state index contributed by atoms with van der Waals surface area (Å²) in [4.78, 5) is 42.4. The summed E-state index contributed by atoms with van der Waals surface area (Å²) < 4.78 is 40.3. The van der Waals surface area contributed by atoms with Crippen LogP contribution >= 0.6 is 0 Å². The van der Waals surface area contributed by atoms with Crippen molar-refractivity contribution in [3.8, 4) is 0 Å². The molecule has 1 heterocycles. The van der Waals surface area contributed by atoms with E-state index in [1.807, 2.05) is 30.3 Å². The average molecular weight is 458 g/mol. The van der Waals surface area contributed by atoms with Crippen molar-refractivity contribution in [2.24, 2.45) is 0 Å². The number of imide groups is 1. The van der Waals surface area contributed by atoms with Gasteiger partial charge in [0, 0.05) is 32.0 Å². The van der Waals surface area contributed by atoms with Crippen LogP contribution in [-0.2, 0) is 32.5 Å². The zero-order chi connectivity index (χ0) is 23.8. The van der Waals surface area contributed by atoms with E-state index >= 15 is 0 Å². The lowest BCUT2D eigenvalue weighted by Gasteiger charge is -2.31. The van der Waals surface area contributed by atoms with E-state index in [2.05, 4.69) is 0 Å². The van der Waals surface area contributed by atoms with Crippen molar-refractivity contribution in [1.82, 2.24) is 9.80 Å². The van der Waals surface area contributed by atoms with Gasteiger partial charge in [0.2, 0.25) is 17.7 Å². The van der Waals surface area contributed by atoms with Gasteiger partial charge < -0.3 is 4.90 Å². The summed E-state index contributed by atoms with van der Waals surface area (Å²) >= 11 is 0. The second-order valence-electron chi connectivity index (χ2n) is 8.71. The highest BCUT2D eigenvalue weighted by atomic mass is 19.4. The molecule has 4 rings (SSSR count). The molecule has 3 amide bonds. The molecule has 174 valence electrons. The molecule has 0 unspecified atom stereocenters. The first-order chi connectivity index (χ1) is 15.7. The van der Waals surface area contributed by atoms with Crippen molar-refractivity contribution in [3.63, 3.8) is 0 Å². The summed E-state index contributed by atoms with van der Waals surface area (Å²) in [5.74, 6) is -1.38. The van der Waals surface area contributed by atoms with Gasteiger partial charge in [0.1, 0.15) is 0 Å². The number of amides is 3. The number of carbonyl (C=O) groups is 3. The normalized spacial score (nSPS) is 20.9. The van der Waals surface area contributed by atoms with E-state index in [4.69, 9.17) is 0 Å². The molecule has 5 nitrogen and oxygen atoms in total. The molecule has 0 N–H and O–H groups in total. The van der Waals surface area contributed by atoms with Crippen LogP contribution in [0, 0.1) is 0 Å². The fraction of sp³-hybridized carbons (Fsp3) is 0.400. The third kappa shape index (κ3) is 4.51. The van der Waals surface area contributed by atoms with Crippen molar-refractivity contribution < 1.29 is 27.6 Å². The number of carbonyl (C=O) groups excluding carboxylic acids is 3. The first-order valence-electron chi connectivity index (χ1n) is 11.0. The number of hydrogen-bond acceptors (Lipinski definition) is 3. The lowest BCUT2D eigenvalue weighted by Crippen LogP contribution is -2.44. The van der Waals surface area contributed by atoms with Crippen molar-refractivity contribution in [2.75, 3.05) is 6.54 Å². The summed E-state index contributed by atoms with van der Waals surface area (Å²) in [6.07, 6.45) is -3.91. The van der Waals surface area contributed by atoms with Crippen LogP contribution in [0.1, 0.15) is 49.3 Å². The Morgan fingerprint density at radius 3 is 2.39 bits per heavy atom. The highest BCUT2D eigenvalue weighted by Crippen LogP contribution is 2.45. The predicted molar refractivity (Wildman–Crippen MR) is 115 cm³/mol. The molecule has 2 aromatic rings. The number of halogens is 3. The van der Waals surface area contributed by atoms with E-state index in [0.29, 0.717) is 25.9 Å². The highest BCUT2D eigenvalue weighted by molar-refractivity contribution is 6.11. The number of hydrogen-bond donors (Lipinski definition) is 0. The molecule has 1 aliphatic heterocycles. The third-order valence-corrected chi connectivity index (χ3v) is 6.41. The second kappa shape index (κ2) is 8.65. The number of benzene rings is 2. The molecular formula is C25H25F3N2O3. The molecule has 2 aromatic carbocycles. The largest absolute Gasteiger partial charge is 0.416 e. The van der Waals surface area contributed by atoms with Gasteiger partial charge in [0.15, 0.2) is 0 Å². The Bertz CT molecular complexity index is 1070. The fourth-order valence-electron chi connectivity index (χ4n) is 4.47. The average Bonchev–Trinajstić information content (AvgIpc) is 3.58. The Kier molecular flexibility index (Phi) is 6.03. The number of likely N-dealkylation sites (tertiary alicyclic amines) is 1. The standard InChI is InChI=1S/C25H25F3N2O3/c1-2-29(16-17-7-4-3-5-8-17)21(31)14-24(15-22(32)30(23(24)33)20-11-12-20)18-9-6-10-19(13-18)25(26,27)28/h3-10,13,20H,2,11-12,14-16H2,1H3/t24-/m1/s1. The lowest BCUT2D eigenvalue weighted by atomic mass is 9.75. The molecule has 1 atom stereocenters. The Labute approximate surface area is 190 Å². The van der Waals surface area contributed by atoms with E-state index in [9.17, 15) is 27.6 Å². The Balaban J connectivity index is 1.70. The van der Waals surface area contributed by atoms with Crippen LogP contribution in [0.25, 0.3) is 0 Å². The van der Waals surface area contributed by atoms with Gasteiger partial charge in [0.25, 0.3) is 0 Å². The summed E-state index contributed by atoms with van der Waals surface area (Å²) in [5, 5.41) is 0. The molecule has 1 saturated carbocycles. The maximum atomic E-state index is 13.5. The van der Waals surface area contributed by atoms with E-state index in [1.54, 1.807) is 11.8 Å². The van der Waals surface area contributed by atoms with Gasteiger partial charge in [-0.15, -0.1) is 0 Å².